The SMILES string of the molecule is C1=C(c2cccc3ccccc23)CCC(c2c3ccccc3c(-c3cccc4oc5cc(-c6c7ccccc7c(-c7ccccc7)c7ccccc67)ccc5c34)c3ccccc23)=C1. The van der Waals surface area contributed by atoms with Gasteiger partial charge in [-0.2, -0.15) is 0 Å². The zero-order valence-corrected chi connectivity index (χ0v) is 34.6. The van der Waals surface area contributed by atoms with E-state index in [4.69, 9.17) is 4.42 Å². The van der Waals surface area contributed by atoms with Gasteiger partial charge in [-0.1, -0.05) is 200 Å². The first-order valence-corrected chi connectivity index (χ1v) is 22.0. The van der Waals surface area contributed by atoms with E-state index in [1.807, 2.05) is 0 Å². The van der Waals surface area contributed by atoms with E-state index in [2.05, 4.69) is 218 Å². The molecule has 0 atom stereocenters. The maximum atomic E-state index is 6.89. The minimum absolute atomic E-state index is 0.890. The van der Waals surface area contributed by atoms with E-state index in [0.717, 1.165) is 40.3 Å². The van der Waals surface area contributed by atoms with Crippen LogP contribution in [0.5, 0.6) is 0 Å². The summed E-state index contributed by atoms with van der Waals surface area (Å²) in [6.07, 6.45) is 6.73. The smallest absolute Gasteiger partial charge is 0.136 e. The molecule has 13 rings (SSSR count). The van der Waals surface area contributed by atoms with Crippen molar-refractivity contribution < 1.29 is 4.42 Å². The molecule has 12 aromatic rings. The van der Waals surface area contributed by atoms with Gasteiger partial charge in [-0.3, -0.25) is 0 Å². The lowest BCUT2D eigenvalue weighted by molar-refractivity contribution is 0.669. The second-order valence-electron chi connectivity index (χ2n) is 17.0. The molecule has 0 saturated heterocycles. The Morgan fingerprint density at radius 3 is 1.38 bits per heavy atom. The van der Waals surface area contributed by atoms with Crippen LogP contribution in [0.2, 0.25) is 0 Å². The van der Waals surface area contributed by atoms with Crippen molar-refractivity contribution in [2.75, 3.05) is 0 Å². The third-order valence-electron chi connectivity index (χ3n) is 13.6. The van der Waals surface area contributed by atoms with Crippen LogP contribution in [0, 0.1) is 0 Å². The molecule has 0 bridgehead atoms. The van der Waals surface area contributed by atoms with Crippen molar-refractivity contribution in [3.05, 3.63) is 230 Å². The molecular formula is C62H40O. The number of allylic oxidation sites excluding steroid dienone is 4. The van der Waals surface area contributed by atoms with Crippen LogP contribution in [0.1, 0.15) is 24.0 Å². The molecule has 1 aliphatic rings. The number of hydrogen-bond donors (Lipinski definition) is 0. The van der Waals surface area contributed by atoms with Gasteiger partial charge in [0.25, 0.3) is 0 Å². The van der Waals surface area contributed by atoms with Crippen molar-refractivity contribution in [3.63, 3.8) is 0 Å². The molecule has 0 fully saturated rings. The maximum absolute atomic E-state index is 6.89. The molecule has 0 unspecified atom stereocenters. The Labute approximate surface area is 365 Å². The van der Waals surface area contributed by atoms with Crippen molar-refractivity contribution in [1.29, 1.82) is 0 Å². The summed E-state index contributed by atoms with van der Waals surface area (Å²) in [5.74, 6) is 0. The fourth-order valence-electron chi connectivity index (χ4n) is 10.9. The molecule has 0 amide bonds. The molecule has 1 heteroatoms. The van der Waals surface area contributed by atoms with E-state index in [9.17, 15) is 0 Å². The number of rotatable bonds is 5. The van der Waals surface area contributed by atoms with Crippen molar-refractivity contribution in [2.45, 2.75) is 12.8 Å². The monoisotopic (exact) mass is 800 g/mol. The van der Waals surface area contributed by atoms with Crippen molar-refractivity contribution in [1.82, 2.24) is 0 Å². The van der Waals surface area contributed by atoms with Crippen molar-refractivity contribution >= 4 is 86.9 Å². The Bertz CT molecular complexity index is 3780. The van der Waals surface area contributed by atoms with Crippen LogP contribution < -0.4 is 0 Å². The molecule has 1 aliphatic carbocycles. The molecule has 1 nitrogen and oxygen atoms in total. The molecule has 1 aromatic heterocycles. The van der Waals surface area contributed by atoms with Crippen LogP contribution in [0.15, 0.2) is 223 Å². The molecule has 11 aromatic carbocycles. The highest BCUT2D eigenvalue weighted by molar-refractivity contribution is 6.25. The Morgan fingerprint density at radius 1 is 0.286 bits per heavy atom. The van der Waals surface area contributed by atoms with Crippen LogP contribution in [-0.2, 0) is 0 Å². The molecule has 0 spiro atoms. The van der Waals surface area contributed by atoms with Crippen LogP contribution in [0.25, 0.3) is 120 Å². The van der Waals surface area contributed by atoms with E-state index >= 15 is 0 Å². The lowest BCUT2D eigenvalue weighted by Gasteiger charge is -2.22. The second-order valence-corrected chi connectivity index (χ2v) is 17.0. The Morgan fingerprint density at radius 2 is 0.762 bits per heavy atom. The number of hydrogen-bond acceptors (Lipinski definition) is 1. The fraction of sp³-hybridized carbons (Fsp3) is 0.0323. The molecule has 294 valence electrons. The van der Waals surface area contributed by atoms with Gasteiger partial charge in [0.2, 0.25) is 0 Å². The van der Waals surface area contributed by atoms with Gasteiger partial charge in [-0.05, 0) is 141 Å². The average Bonchev–Trinajstić information content (AvgIpc) is 3.73. The fourth-order valence-corrected chi connectivity index (χ4v) is 10.9. The van der Waals surface area contributed by atoms with Crippen LogP contribution in [-0.4, -0.2) is 0 Å². The summed E-state index contributed by atoms with van der Waals surface area (Å²) in [7, 11) is 0. The normalized spacial score (nSPS) is 13.1. The average molecular weight is 801 g/mol. The number of furan rings is 1. The summed E-state index contributed by atoms with van der Waals surface area (Å²) >= 11 is 0. The minimum Gasteiger partial charge on any atom is -0.456 e. The van der Waals surface area contributed by atoms with E-state index in [1.165, 1.54) is 104 Å². The summed E-state index contributed by atoms with van der Waals surface area (Å²) < 4.78 is 6.89. The van der Waals surface area contributed by atoms with E-state index < -0.39 is 0 Å². The van der Waals surface area contributed by atoms with Crippen molar-refractivity contribution in [2.24, 2.45) is 0 Å². The largest absolute Gasteiger partial charge is 0.456 e. The molecule has 0 aliphatic heterocycles. The zero-order chi connectivity index (χ0) is 41.4. The Balaban J connectivity index is 0.997. The van der Waals surface area contributed by atoms with Gasteiger partial charge in [0.15, 0.2) is 0 Å². The highest BCUT2D eigenvalue weighted by Gasteiger charge is 2.23. The number of benzene rings is 11. The molecule has 1 heterocycles. The van der Waals surface area contributed by atoms with Crippen molar-refractivity contribution in [3.8, 4) is 33.4 Å². The first kappa shape index (κ1) is 35.7. The number of fused-ring (bicyclic) bond motifs is 8. The first-order valence-electron chi connectivity index (χ1n) is 22.0. The van der Waals surface area contributed by atoms with Gasteiger partial charge in [-0.15, -0.1) is 0 Å². The second kappa shape index (κ2) is 14.3. The van der Waals surface area contributed by atoms with Gasteiger partial charge >= 0.3 is 0 Å². The first-order chi connectivity index (χ1) is 31.3. The van der Waals surface area contributed by atoms with E-state index in [1.54, 1.807) is 0 Å². The molecule has 0 N–H and O–H groups in total. The lowest BCUT2D eigenvalue weighted by atomic mass is 9.81. The van der Waals surface area contributed by atoms with Gasteiger partial charge < -0.3 is 4.42 Å². The quantitative estimate of drug-likeness (QED) is 0.158. The summed E-state index contributed by atoms with van der Waals surface area (Å²) in [5, 5.41) is 14.9. The lowest BCUT2D eigenvalue weighted by Crippen LogP contribution is -1.98. The van der Waals surface area contributed by atoms with Gasteiger partial charge in [0.1, 0.15) is 11.2 Å². The summed E-state index contributed by atoms with van der Waals surface area (Å²) in [6, 6.07) is 75.4. The molecular weight excluding hydrogens is 761 g/mol. The summed E-state index contributed by atoms with van der Waals surface area (Å²) in [4.78, 5) is 0. The highest BCUT2D eigenvalue weighted by Crippen LogP contribution is 2.49. The van der Waals surface area contributed by atoms with Crippen LogP contribution in [0.4, 0.5) is 0 Å². The third kappa shape index (κ3) is 5.56. The van der Waals surface area contributed by atoms with Crippen LogP contribution >= 0.6 is 0 Å². The van der Waals surface area contributed by atoms with Gasteiger partial charge in [0, 0.05) is 10.8 Å². The zero-order valence-electron chi connectivity index (χ0n) is 34.6. The molecule has 0 saturated carbocycles. The van der Waals surface area contributed by atoms with Gasteiger partial charge in [0.05, 0.1) is 0 Å². The standard InChI is InChI=1S/C62H40O/c1-2-17-41(18-3-1)58-46-21-6-8-23-48(46)60(49-24-9-7-22-47(49)58)43-36-37-54-57(38-43)63-56-31-15-30-55(62(54)56)61-52-27-12-10-25-50(52)59(51-26-11-13-28-53(51)61)42-34-32-40(33-35-42)45-29-14-19-39-16-4-5-20-44(39)45/h1-32,34,36-38H,33,35H2. The topological polar surface area (TPSA) is 13.1 Å². The molecule has 63 heavy (non-hydrogen) atoms. The highest BCUT2D eigenvalue weighted by atomic mass is 16.3. The van der Waals surface area contributed by atoms with E-state index in [0.29, 0.717) is 0 Å². The minimum atomic E-state index is 0.890. The predicted molar refractivity (Wildman–Crippen MR) is 269 cm³/mol. The van der Waals surface area contributed by atoms with Gasteiger partial charge in [-0.25, -0.2) is 0 Å². The Kier molecular flexibility index (Phi) is 8.11. The van der Waals surface area contributed by atoms with E-state index in [-0.39, 0.29) is 0 Å². The summed E-state index contributed by atoms with van der Waals surface area (Å²) in [5.41, 5.74) is 14.6. The maximum Gasteiger partial charge on any atom is 0.136 e. The predicted octanol–water partition coefficient (Wildman–Crippen LogP) is 17.6. The molecule has 0 radical (unpaired) electrons. The Hall–Kier alpha value is -8.00. The summed E-state index contributed by atoms with van der Waals surface area (Å²) in [6.45, 7) is 0. The third-order valence-corrected chi connectivity index (χ3v) is 13.6. The van der Waals surface area contributed by atoms with Crippen LogP contribution in [0.3, 0.4) is 0 Å².